The monoisotopic (exact) mass is 399 g/mol. The Labute approximate surface area is 156 Å². The number of imide groups is 1. The molecular formula is C15H11Cl2N3O4S. The predicted octanol–water partition coefficient (Wildman–Crippen LogP) is 2.51. The number of nitrogens with zero attached hydrogens (tertiary/aromatic N) is 2. The van der Waals surface area contributed by atoms with E-state index in [1.54, 1.807) is 0 Å². The first-order valence-corrected chi connectivity index (χ1v) is 8.70. The highest BCUT2D eigenvalue weighted by molar-refractivity contribution is 8.00. The van der Waals surface area contributed by atoms with Crippen LogP contribution in [0, 0.1) is 6.92 Å². The van der Waals surface area contributed by atoms with Crippen LogP contribution in [0.5, 0.6) is 5.88 Å². The molecule has 2 N–H and O–H groups in total. The largest absolute Gasteiger partial charge is 0.493 e. The standard InChI is InChI=1S/C15H11Cl2N3O4S/c1-6-12(22)18-15(19-13(6)23)25-10-5-11(21)20(14(10)24)9-3-2-7(16)4-8(9)17/h2-4,10H,5H2,1H3,(H2,18,19,22,23). The van der Waals surface area contributed by atoms with E-state index >= 15 is 0 Å². The molecule has 1 fully saturated rings. The molecule has 2 amide bonds. The van der Waals surface area contributed by atoms with Gasteiger partial charge in [0.2, 0.25) is 17.7 Å². The van der Waals surface area contributed by atoms with Gasteiger partial charge in [-0.2, -0.15) is 4.98 Å². The summed E-state index contributed by atoms with van der Waals surface area (Å²) in [5.74, 6) is -1.33. The zero-order valence-corrected chi connectivity index (χ0v) is 15.1. The summed E-state index contributed by atoms with van der Waals surface area (Å²) in [6, 6.07) is 4.46. The van der Waals surface area contributed by atoms with Crippen LogP contribution in [0.4, 0.5) is 5.69 Å². The topological polar surface area (TPSA) is 103 Å². The molecule has 1 aliphatic rings. The van der Waals surface area contributed by atoms with Gasteiger partial charge in [0, 0.05) is 11.4 Å². The van der Waals surface area contributed by atoms with Gasteiger partial charge in [-0.05, 0) is 25.1 Å². The normalized spacial score (nSPS) is 17.4. The van der Waals surface area contributed by atoms with Crippen LogP contribution >= 0.6 is 35.0 Å². The molecule has 7 nitrogen and oxygen atoms in total. The molecule has 0 saturated carbocycles. The van der Waals surface area contributed by atoms with Gasteiger partial charge in [-0.15, -0.1) is 0 Å². The Kier molecular flexibility index (Phi) is 4.77. The lowest BCUT2D eigenvalue weighted by Gasteiger charge is -2.16. The van der Waals surface area contributed by atoms with E-state index in [-0.39, 0.29) is 27.9 Å². The summed E-state index contributed by atoms with van der Waals surface area (Å²) >= 11 is 12.8. The number of thioether (sulfide) groups is 1. The van der Waals surface area contributed by atoms with Gasteiger partial charge >= 0.3 is 0 Å². The number of carbonyl (C=O) groups excluding carboxylic acids is 2. The molecule has 25 heavy (non-hydrogen) atoms. The number of carbonyl (C=O) groups is 2. The lowest BCUT2D eigenvalue weighted by Crippen LogP contribution is -2.31. The van der Waals surface area contributed by atoms with Gasteiger partial charge in [0.05, 0.1) is 16.3 Å². The molecule has 0 aliphatic carbocycles. The highest BCUT2D eigenvalue weighted by atomic mass is 35.5. The lowest BCUT2D eigenvalue weighted by atomic mass is 10.3. The maximum absolute atomic E-state index is 12.6. The van der Waals surface area contributed by atoms with Crippen molar-refractivity contribution in [2.75, 3.05) is 4.90 Å². The number of benzene rings is 1. The second-order valence-corrected chi connectivity index (χ2v) is 7.33. The summed E-state index contributed by atoms with van der Waals surface area (Å²) in [7, 11) is 0. The Morgan fingerprint density at radius 2 is 2.04 bits per heavy atom. The summed E-state index contributed by atoms with van der Waals surface area (Å²) in [6.45, 7) is 1.42. The van der Waals surface area contributed by atoms with E-state index in [0.717, 1.165) is 16.7 Å². The lowest BCUT2D eigenvalue weighted by molar-refractivity contribution is -0.121. The van der Waals surface area contributed by atoms with Gasteiger partial charge in [-0.3, -0.25) is 14.4 Å². The third-order valence-corrected chi connectivity index (χ3v) is 5.22. The number of hydrogen-bond donors (Lipinski definition) is 2. The maximum Gasteiger partial charge on any atom is 0.258 e. The first-order chi connectivity index (χ1) is 11.8. The van der Waals surface area contributed by atoms with Gasteiger partial charge < -0.3 is 10.1 Å². The van der Waals surface area contributed by atoms with Gasteiger partial charge in [-0.1, -0.05) is 35.0 Å². The number of H-pyrrole nitrogens is 1. The number of aromatic hydroxyl groups is 1. The molecule has 1 aromatic heterocycles. The molecule has 2 heterocycles. The number of hydrogen-bond acceptors (Lipinski definition) is 6. The van der Waals surface area contributed by atoms with E-state index in [1.807, 2.05) is 0 Å². The van der Waals surface area contributed by atoms with Crippen LogP contribution in [0.1, 0.15) is 12.0 Å². The molecule has 2 aromatic rings. The van der Waals surface area contributed by atoms with Crippen LogP contribution in [0.25, 0.3) is 0 Å². The molecular weight excluding hydrogens is 389 g/mol. The fourth-order valence-corrected chi connectivity index (χ4v) is 3.79. The molecule has 1 aliphatic heterocycles. The van der Waals surface area contributed by atoms with Crippen molar-refractivity contribution in [2.45, 2.75) is 23.8 Å². The quantitative estimate of drug-likeness (QED) is 0.606. The van der Waals surface area contributed by atoms with Gasteiger partial charge in [0.25, 0.3) is 5.56 Å². The molecule has 10 heteroatoms. The van der Waals surface area contributed by atoms with Crippen molar-refractivity contribution >= 4 is 52.5 Å². The molecule has 1 unspecified atom stereocenters. The Morgan fingerprint density at radius 1 is 1.32 bits per heavy atom. The molecule has 0 bridgehead atoms. The summed E-state index contributed by atoms with van der Waals surface area (Å²) in [6.07, 6.45) is -0.0825. The fraction of sp³-hybridized carbons (Fsp3) is 0.200. The molecule has 130 valence electrons. The van der Waals surface area contributed by atoms with Crippen LogP contribution in [-0.4, -0.2) is 32.1 Å². The Balaban J connectivity index is 1.88. The third kappa shape index (κ3) is 3.37. The average Bonchev–Trinajstić information content (AvgIpc) is 2.80. The van der Waals surface area contributed by atoms with Crippen molar-refractivity contribution in [3.05, 3.63) is 44.2 Å². The van der Waals surface area contributed by atoms with Crippen LogP contribution in [-0.2, 0) is 9.59 Å². The van der Waals surface area contributed by atoms with Crippen LogP contribution in [0.2, 0.25) is 10.0 Å². The molecule has 1 atom stereocenters. The van der Waals surface area contributed by atoms with Crippen LogP contribution < -0.4 is 10.5 Å². The van der Waals surface area contributed by atoms with E-state index in [0.29, 0.717) is 5.02 Å². The van der Waals surface area contributed by atoms with E-state index in [4.69, 9.17) is 23.2 Å². The minimum absolute atomic E-state index is 0.0586. The van der Waals surface area contributed by atoms with Crippen LogP contribution in [0.3, 0.4) is 0 Å². The van der Waals surface area contributed by atoms with Crippen molar-refractivity contribution in [3.8, 4) is 5.88 Å². The summed E-state index contributed by atoms with van der Waals surface area (Å²) < 4.78 is 0. The minimum Gasteiger partial charge on any atom is -0.493 e. The van der Waals surface area contributed by atoms with Gasteiger partial charge in [0.1, 0.15) is 5.25 Å². The van der Waals surface area contributed by atoms with E-state index in [1.165, 1.54) is 25.1 Å². The summed E-state index contributed by atoms with van der Waals surface area (Å²) in [5, 5.41) is 9.46. The Bertz CT molecular complexity index is 947. The van der Waals surface area contributed by atoms with Gasteiger partial charge in [-0.25, -0.2) is 4.90 Å². The van der Waals surface area contributed by atoms with E-state index in [2.05, 4.69) is 9.97 Å². The SMILES string of the molecule is Cc1c(O)nc(SC2CC(=O)N(c3ccc(Cl)cc3Cl)C2=O)[nH]c1=O. The second-order valence-electron chi connectivity index (χ2n) is 5.29. The number of rotatable bonds is 3. The fourth-order valence-electron chi connectivity index (χ4n) is 2.30. The molecule has 0 radical (unpaired) electrons. The molecule has 0 spiro atoms. The summed E-state index contributed by atoms with van der Waals surface area (Å²) in [5.41, 5.74) is -0.186. The number of aromatic amines is 1. The third-order valence-electron chi connectivity index (χ3n) is 3.61. The van der Waals surface area contributed by atoms with Crippen molar-refractivity contribution in [1.29, 1.82) is 0 Å². The first-order valence-electron chi connectivity index (χ1n) is 7.06. The van der Waals surface area contributed by atoms with Crippen molar-refractivity contribution in [1.82, 2.24) is 9.97 Å². The van der Waals surface area contributed by atoms with Crippen molar-refractivity contribution in [3.63, 3.8) is 0 Å². The number of amides is 2. The van der Waals surface area contributed by atoms with Crippen molar-refractivity contribution in [2.24, 2.45) is 0 Å². The molecule has 1 saturated heterocycles. The second kappa shape index (κ2) is 6.70. The zero-order valence-electron chi connectivity index (χ0n) is 12.7. The van der Waals surface area contributed by atoms with E-state index in [9.17, 15) is 19.5 Å². The Hall–Kier alpha value is -2.03. The van der Waals surface area contributed by atoms with E-state index < -0.39 is 28.5 Å². The number of halogens is 2. The average molecular weight is 400 g/mol. The first kappa shape index (κ1) is 17.8. The highest BCUT2D eigenvalue weighted by Crippen LogP contribution is 2.36. The predicted molar refractivity (Wildman–Crippen MR) is 94.5 cm³/mol. The number of nitrogens with one attached hydrogen (secondary N) is 1. The zero-order chi connectivity index (χ0) is 18.3. The van der Waals surface area contributed by atoms with Crippen molar-refractivity contribution < 1.29 is 14.7 Å². The van der Waals surface area contributed by atoms with Gasteiger partial charge in [0.15, 0.2) is 5.16 Å². The molecule has 3 rings (SSSR count). The highest BCUT2D eigenvalue weighted by Gasteiger charge is 2.41. The minimum atomic E-state index is -0.787. The molecule has 1 aromatic carbocycles. The maximum atomic E-state index is 12.6. The smallest absolute Gasteiger partial charge is 0.258 e. The van der Waals surface area contributed by atoms with Crippen LogP contribution in [0.15, 0.2) is 28.2 Å². The summed E-state index contributed by atoms with van der Waals surface area (Å²) in [4.78, 5) is 43.8. The number of anilines is 1. The number of aromatic nitrogens is 2. The Morgan fingerprint density at radius 3 is 2.68 bits per heavy atom.